The minimum atomic E-state index is -0.976. The number of benzene rings is 2. The number of aromatic nitrogens is 2. The monoisotopic (exact) mass is 354 g/mol. The van der Waals surface area contributed by atoms with Gasteiger partial charge in [-0.05, 0) is 51.0 Å². The van der Waals surface area contributed by atoms with Crippen LogP contribution in [0.1, 0.15) is 32.5 Å². The van der Waals surface area contributed by atoms with Crippen LogP contribution in [-0.2, 0) is 12.1 Å². The molecule has 0 aliphatic carbocycles. The van der Waals surface area contributed by atoms with Crippen LogP contribution < -0.4 is 9.47 Å². The summed E-state index contributed by atoms with van der Waals surface area (Å²) in [5.41, 5.74) is 0.992. The zero-order valence-corrected chi connectivity index (χ0v) is 15.6. The van der Waals surface area contributed by atoms with Gasteiger partial charge in [0.2, 0.25) is 0 Å². The fraction of sp³-hybridized carbons (Fsp3) is 0.381. The molecular weight excluding hydrogens is 328 g/mol. The lowest BCUT2D eigenvalue weighted by Gasteiger charge is -2.19. The molecule has 5 nitrogen and oxygen atoms in total. The van der Waals surface area contributed by atoms with Gasteiger partial charge in [-0.2, -0.15) is 0 Å². The number of aryl methyl sites for hydroxylation is 1. The van der Waals surface area contributed by atoms with Gasteiger partial charge in [-0.15, -0.1) is 0 Å². The highest BCUT2D eigenvalue weighted by Crippen LogP contribution is 2.25. The summed E-state index contributed by atoms with van der Waals surface area (Å²) >= 11 is 0. The Balaban J connectivity index is 1.61. The Hall–Kier alpha value is -2.53. The van der Waals surface area contributed by atoms with Gasteiger partial charge in [0.1, 0.15) is 22.9 Å². The number of unbranched alkanes of at least 4 members (excludes halogenated alkanes) is 1. The van der Waals surface area contributed by atoms with Crippen molar-refractivity contribution >= 4 is 11.0 Å². The number of hydrogen-bond acceptors (Lipinski definition) is 4. The van der Waals surface area contributed by atoms with Crippen molar-refractivity contribution in [2.75, 3.05) is 13.7 Å². The minimum absolute atomic E-state index is 0.637. The van der Waals surface area contributed by atoms with Crippen LogP contribution in [0.5, 0.6) is 11.5 Å². The highest BCUT2D eigenvalue weighted by Gasteiger charge is 2.24. The zero-order chi connectivity index (χ0) is 18.6. The van der Waals surface area contributed by atoms with E-state index < -0.39 is 5.60 Å². The summed E-state index contributed by atoms with van der Waals surface area (Å²) in [6, 6.07) is 15.6. The van der Waals surface area contributed by atoms with E-state index in [4.69, 9.17) is 9.47 Å². The van der Waals surface area contributed by atoms with E-state index in [1.165, 1.54) is 0 Å². The number of rotatable bonds is 8. The summed E-state index contributed by atoms with van der Waals surface area (Å²) in [4.78, 5) is 4.62. The largest absolute Gasteiger partial charge is 0.497 e. The van der Waals surface area contributed by atoms with Gasteiger partial charge in [0.25, 0.3) is 0 Å². The number of imidazole rings is 1. The fourth-order valence-electron chi connectivity index (χ4n) is 3.02. The molecule has 0 unspecified atom stereocenters. The van der Waals surface area contributed by atoms with Crippen LogP contribution in [0.3, 0.4) is 0 Å². The van der Waals surface area contributed by atoms with Crippen molar-refractivity contribution in [2.24, 2.45) is 0 Å². The topological polar surface area (TPSA) is 56.5 Å². The summed E-state index contributed by atoms with van der Waals surface area (Å²) in [5, 5.41) is 10.5. The smallest absolute Gasteiger partial charge is 0.141 e. The van der Waals surface area contributed by atoms with Crippen molar-refractivity contribution in [1.82, 2.24) is 9.55 Å². The molecule has 0 atom stereocenters. The van der Waals surface area contributed by atoms with E-state index in [9.17, 15) is 5.11 Å². The lowest BCUT2D eigenvalue weighted by atomic mass is 10.1. The molecule has 1 aromatic heterocycles. The van der Waals surface area contributed by atoms with E-state index in [2.05, 4.69) is 9.55 Å². The molecule has 1 N–H and O–H groups in total. The second-order valence-corrected chi connectivity index (χ2v) is 6.87. The molecule has 0 radical (unpaired) electrons. The van der Waals surface area contributed by atoms with Gasteiger partial charge in [0, 0.05) is 12.6 Å². The standard InChI is InChI=1S/C21H26N2O3/c1-21(2,24)20-22-18-11-4-5-12-19(18)23(20)13-6-7-14-26-17-10-8-9-16(15-17)25-3/h4-5,8-12,15,24H,6-7,13-14H2,1-3H3. The summed E-state index contributed by atoms with van der Waals surface area (Å²) < 4.78 is 13.1. The van der Waals surface area contributed by atoms with Crippen molar-refractivity contribution in [3.63, 3.8) is 0 Å². The molecule has 138 valence electrons. The third-order valence-electron chi connectivity index (χ3n) is 4.29. The summed E-state index contributed by atoms with van der Waals surface area (Å²) in [7, 11) is 1.65. The molecule has 3 aromatic rings. The van der Waals surface area contributed by atoms with E-state index in [-0.39, 0.29) is 0 Å². The lowest BCUT2D eigenvalue weighted by molar-refractivity contribution is 0.0650. The Morgan fingerprint density at radius 1 is 1.04 bits per heavy atom. The van der Waals surface area contributed by atoms with E-state index >= 15 is 0 Å². The molecule has 5 heteroatoms. The van der Waals surface area contributed by atoms with Crippen LogP contribution in [0, 0.1) is 0 Å². The molecule has 0 spiro atoms. The zero-order valence-electron chi connectivity index (χ0n) is 15.6. The van der Waals surface area contributed by atoms with E-state index in [0.29, 0.717) is 12.4 Å². The number of hydrogen-bond donors (Lipinski definition) is 1. The van der Waals surface area contributed by atoms with Crippen LogP contribution in [0.15, 0.2) is 48.5 Å². The molecule has 1 heterocycles. The SMILES string of the molecule is COc1cccc(OCCCCn2c(C(C)(C)O)nc3ccccc32)c1. The first kappa shape index (κ1) is 18.3. The Morgan fingerprint density at radius 2 is 1.81 bits per heavy atom. The summed E-state index contributed by atoms with van der Waals surface area (Å²) in [6.45, 7) is 4.98. The van der Waals surface area contributed by atoms with Gasteiger partial charge >= 0.3 is 0 Å². The number of ether oxygens (including phenoxy) is 2. The van der Waals surface area contributed by atoms with Gasteiger partial charge in [-0.1, -0.05) is 18.2 Å². The van der Waals surface area contributed by atoms with Crippen LogP contribution in [0.4, 0.5) is 0 Å². The second-order valence-electron chi connectivity index (χ2n) is 6.87. The average Bonchev–Trinajstić information content (AvgIpc) is 3.01. The maximum Gasteiger partial charge on any atom is 0.141 e. The Morgan fingerprint density at radius 3 is 2.58 bits per heavy atom. The van der Waals surface area contributed by atoms with Crippen molar-refractivity contribution in [3.05, 3.63) is 54.4 Å². The van der Waals surface area contributed by atoms with E-state index in [0.717, 1.165) is 41.9 Å². The Bertz CT molecular complexity index is 865. The highest BCUT2D eigenvalue weighted by molar-refractivity contribution is 5.76. The number of fused-ring (bicyclic) bond motifs is 1. The highest BCUT2D eigenvalue weighted by atomic mass is 16.5. The van der Waals surface area contributed by atoms with E-state index in [1.54, 1.807) is 21.0 Å². The van der Waals surface area contributed by atoms with Gasteiger partial charge in [-0.25, -0.2) is 4.98 Å². The predicted molar refractivity (Wildman–Crippen MR) is 103 cm³/mol. The quantitative estimate of drug-likeness (QED) is 0.618. The third-order valence-corrected chi connectivity index (χ3v) is 4.29. The van der Waals surface area contributed by atoms with Crippen LogP contribution in [0.25, 0.3) is 11.0 Å². The van der Waals surface area contributed by atoms with Crippen LogP contribution >= 0.6 is 0 Å². The number of aliphatic hydroxyl groups is 1. The summed E-state index contributed by atoms with van der Waals surface area (Å²) in [5.74, 6) is 2.31. The maximum absolute atomic E-state index is 10.5. The number of methoxy groups -OCH3 is 1. The predicted octanol–water partition coefficient (Wildman–Crippen LogP) is 4.13. The van der Waals surface area contributed by atoms with Gasteiger partial charge in [-0.3, -0.25) is 0 Å². The first-order chi connectivity index (χ1) is 12.5. The maximum atomic E-state index is 10.5. The second kappa shape index (κ2) is 7.79. The van der Waals surface area contributed by atoms with Crippen LogP contribution in [0.2, 0.25) is 0 Å². The molecule has 0 saturated carbocycles. The molecule has 0 fully saturated rings. The molecule has 0 aliphatic rings. The first-order valence-corrected chi connectivity index (χ1v) is 8.94. The van der Waals surface area contributed by atoms with Crippen molar-refractivity contribution in [3.8, 4) is 11.5 Å². The van der Waals surface area contributed by atoms with Gasteiger partial charge in [0.15, 0.2) is 0 Å². The molecule has 0 aliphatic heterocycles. The molecule has 0 amide bonds. The van der Waals surface area contributed by atoms with Crippen LogP contribution in [-0.4, -0.2) is 28.4 Å². The van der Waals surface area contributed by atoms with Crippen molar-refractivity contribution in [2.45, 2.75) is 38.8 Å². The fourth-order valence-corrected chi connectivity index (χ4v) is 3.02. The van der Waals surface area contributed by atoms with Crippen molar-refractivity contribution in [1.29, 1.82) is 0 Å². The molecule has 0 bridgehead atoms. The Labute approximate surface area is 154 Å². The first-order valence-electron chi connectivity index (χ1n) is 8.94. The Kier molecular flexibility index (Phi) is 5.47. The normalized spacial score (nSPS) is 11.7. The molecule has 0 saturated heterocycles. The van der Waals surface area contributed by atoms with Crippen molar-refractivity contribution < 1.29 is 14.6 Å². The third kappa shape index (κ3) is 4.17. The lowest BCUT2D eigenvalue weighted by Crippen LogP contribution is -2.22. The van der Waals surface area contributed by atoms with Gasteiger partial charge in [0.05, 0.1) is 24.8 Å². The molecular formula is C21H26N2O3. The van der Waals surface area contributed by atoms with E-state index in [1.807, 2.05) is 48.5 Å². The number of para-hydroxylation sites is 2. The van der Waals surface area contributed by atoms with Gasteiger partial charge < -0.3 is 19.1 Å². The number of nitrogens with zero attached hydrogens (tertiary/aromatic N) is 2. The summed E-state index contributed by atoms with van der Waals surface area (Å²) in [6.07, 6.45) is 1.85. The molecule has 2 aromatic carbocycles. The average molecular weight is 354 g/mol. The minimum Gasteiger partial charge on any atom is -0.497 e. The molecule has 3 rings (SSSR count). The molecule has 26 heavy (non-hydrogen) atoms.